The van der Waals surface area contributed by atoms with E-state index in [1.807, 2.05) is 0 Å². The fourth-order valence-electron chi connectivity index (χ4n) is 4.84. The summed E-state index contributed by atoms with van der Waals surface area (Å²) in [6.45, 7) is 5.29. The molecule has 0 aromatic carbocycles. The molecule has 0 radical (unpaired) electrons. The van der Waals surface area contributed by atoms with Crippen molar-refractivity contribution in [3.8, 4) is 0 Å². The average Bonchev–Trinajstić information content (AvgIpc) is 3.53. The van der Waals surface area contributed by atoms with Crippen molar-refractivity contribution in [2.24, 2.45) is 23.3 Å². The van der Waals surface area contributed by atoms with Gasteiger partial charge in [-0.2, -0.15) is 12.6 Å². The highest BCUT2D eigenvalue weighted by atomic mass is 32.1. The second-order valence-electron chi connectivity index (χ2n) is 12.1. The van der Waals surface area contributed by atoms with Gasteiger partial charge in [-0.25, -0.2) is 0 Å². The van der Waals surface area contributed by atoms with Gasteiger partial charge in [0, 0.05) is 18.7 Å². The molecule has 11 N–H and O–H groups in total. The number of carbonyl (C=O) groups is 9. The zero-order valence-electron chi connectivity index (χ0n) is 28.1. The van der Waals surface area contributed by atoms with Crippen LogP contribution in [0.4, 0.5) is 0 Å². The normalized spacial score (nSPS) is 16.5. The van der Waals surface area contributed by atoms with Crippen LogP contribution < -0.4 is 43.4 Å². The molecule has 0 aromatic rings. The van der Waals surface area contributed by atoms with Gasteiger partial charge in [-0.05, 0) is 31.1 Å². The van der Waals surface area contributed by atoms with E-state index in [0.29, 0.717) is 6.42 Å². The molecule has 1 heterocycles. The van der Waals surface area contributed by atoms with Crippen molar-refractivity contribution in [3.05, 3.63) is 0 Å². The quantitative estimate of drug-likeness (QED) is 0.0538. The van der Waals surface area contributed by atoms with Crippen LogP contribution in [0.3, 0.4) is 0 Å². The van der Waals surface area contributed by atoms with Gasteiger partial charge in [0.15, 0.2) is 0 Å². The van der Waals surface area contributed by atoms with Gasteiger partial charge in [0.2, 0.25) is 47.3 Å². The third-order valence-corrected chi connectivity index (χ3v) is 7.87. The number of amides is 8. The Morgan fingerprint density at radius 1 is 0.796 bits per heavy atom. The van der Waals surface area contributed by atoms with Crippen LogP contribution in [-0.4, -0.2) is 125 Å². The van der Waals surface area contributed by atoms with Crippen LogP contribution in [-0.2, 0) is 43.2 Å². The number of primary amides is 1. The number of nitrogens with zero attached hydrogens (tertiary/aromatic N) is 1. The number of carboxylic acid groups (broad SMARTS) is 1. The molecule has 0 aromatic heterocycles. The Bertz CT molecular complexity index is 1250. The van der Waals surface area contributed by atoms with Gasteiger partial charge >= 0.3 is 5.97 Å². The lowest BCUT2D eigenvalue weighted by Gasteiger charge is -2.31. The lowest BCUT2D eigenvalue weighted by atomic mass is 10.0. The molecule has 49 heavy (non-hydrogen) atoms. The van der Waals surface area contributed by atoms with Crippen molar-refractivity contribution in [2.75, 3.05) is 31.9 Å². The predicted octanol–water partition coefficient (Wildman–Crippen LogP) is -4.30. The minimum atomic E-state index is -1.32. The van der Waals surface area contributed by atoms with Crippen molar-refractivity contribution in [3.63, 3.8) is 0 Å². The Kier molecular flexibility index (Phi) is 18.1. The topological polar surface area (TPSA) is 301 Å². The second-order valence-corrected chi connectivity index (χ2v) is 12.5. The van der Waals surface area contributed by atoms with Gasteiger partial charge in [0.05, 0.1) is 13.1 Å². The van der Waals surface area contributed by atoms with Gasteiger partial charge in [0.25, 0.3) is 0 Å². The molecule has 0 saturated carbocycles. The number of carbonyl (C=O) groups excluding carboxylic acids is 8. The van der Waals surface area contributed by atoms with Crippen LogP contribution in [0.25, 0.3) is 0 Å². The van der Waals surface area contributed by atoms with Gasteiger partial charge in [-0.3, -0.25) is 43.2 Å². The first kappa shape index (κ1) is 42.6. The van der Waals surface area contributed by atoms with E-state index in [9.17, 15) is 43.2 Å². The lowest BCUT2D eigenvalue weighted by Crippen LogP contribution is -2.61. The smallest absolute Gasteiger partial charge is 0.322 e. The number of aliphatic carboxylic acids is 1. The molecule has 1 aliphatic heterocycles. The Morgan fingerprint density at radius 3 is 1.88 bits per heavy atom. The van der Waals surface area contributed by atoms with E-state index in [0.717, 1.165) is 0 Å². The monoisotopic (exact) mass is 715 g/mol. The van der Waals surface area contributed by atoms with Crippen molar-refractivity contribution < 1.29 is 48.3 Å². The summed E-state index contributed by atoms with van der Waals surface area (Å²) in [6.07, 6.45) is 0.175. The molecule has 19 nitrogen and oxygen atoms in total. The zero-order valence-corrected chi connectivity index (χ0v) is 29.0. The minimum absolute atomic E-state index is 0.140. The minimum Gasteiger partial charge on any atom is -0.480 e. The second kappa shape index (κ2) is 20.8. The molecule has 1 saturated heterocycles. The molecule has 20 heteroatoms. The summed E-state index contributed by atoms with van der Waals surface area (Å²) in [5, 5.41) is 23.5. The number of hydrogen-bond acceptors (Lipinski definition) is 11. The molecule has 1 rings (SSSR count). The van der Waals surface area contributed by atoms with E-state index < -0.39 is 108 Å². The molecular weight excluding hydrogens is 666 g/mol. The molecule has 0 bridgehead atoms. The summed E-state index contributed by atoms with van der Waals surface area (Å²) in [5.41, 5.74) is 10.5. The summed E-state index contributed by atoms with van der Waals surface area (Å²) in [5.74, 6) is -8.12. The standard InChI is InChI=1S/C29H49N9O10S/c1-14(2)23(36-21(41)11-32-20(40)10-30)27(46)35-17(13-49)25(44)37-24(15(3)4)28(47)34-16(7-8-19(31)39)29(48)38-9-5-6-18(38)26(45)33-12-22(42)43/h14-18,23-24,49H,5-13,30H2,1-4H3,(H2,31,39)(H,32,40)(H,33,45)(H,34,47)(H,35,46)(H,36,41)(H,37,44)(H,42,43)/t16-,17-,18-,23-,24-/m0/s1. The number of hydrogen-bond donors (Lipinski definition) is 10. The summed E-state index contributed by atoms with van der Waals surface area (Å²) in [7, 11) is 0. The highest BCUT2D eigenvalue weighted by molar-refractivity contribution is 7.80. The zero-order chi connectivity index (χ0) is 37.4. The molecule has 0 spiro atoms. The van der Waals surface area contributed by atoms with Crippen LogP contribution in [0.5, 0.6) is 0 Å². The fourth-order valence-corrected chi connectivity index (χ4v) is 5.10. The molecule has 5 atom stereocenters. The number of carboxylic acids is 1. The summed E-state index contributed by atoms with van der Waals surface area (Å²) < 4.78 is 0. The van der Waals surface area contributed by atoms with E-state index in [1.54, 1.807) is 27.7 Å². The van der Waals surface area contributed by atoms with Crippen LogP contribution in [0.15, 0.2) is 0 Å². The summed E-state index contributed by atoms with van der Waals surface area (Å²) >= 11 is 4.16. The number of thiol groups is 1. The van der Waals surface area contributed by atoms with Crippen molar-refractivity contribution in [1.29, 1.82) is 0 Å². The predicted molar refractivity (Wildman–Crippen MR) is 177 cm³/mol. The highest BCUT2D eigenvalue weighted by Gasteiger charge is 2.39. The maximum atomic E-state index is 13.6. The Labute approximate surface area is 289 Å². The summed E-state index contributed by atoms with van der Waals surface area (Å²) in [4.78, 5) is 113. The van der Waals surface area contributed by atoms with E-state index in [-0.39, 0.29) is 38.1 Å². The van der Waals surface area contributed by atoms with Crippen LogP contribution in [0, 0.1) is 11.8 Å². The van der Waals surface area contributed by atoms with Gasteiger partial charge in [-0.15, -0.1) is 0 Å². The number of nitrogens with one attached hydrogen (secondary N) is 6. The third-order valence-electron chi connectivity index (χ3n) is 7.51. The van der Waals surface area contributed by atoms with Crippen molar-refractivity contribution in [1.82, 2.24) is 36.8 Å². The first-order valence-corrected chi connectivity index (χ1v) is 16.4. The van der Waals surface area contributed by atoms with Gasteiger partial charge < -0.3 is 53.4 Å². The van der Waals surface area contributed by atoms with Crippen LogP contribution in [0.1, 0.15) is 53.4 Å². The van der Waals surface area contributed by atoms with Gasteiger partial charge in [-0.1, -0.05) is 27.7 Å². The van der Waals surface area contributed by atoms with Crippen LogP contribution in [0.2, 0.25) is 0 Å². The van der Waals surface area contributed by atoms with Crippen molar-refractivity contribution in [2.45, 2.75) is 83.6 Å². The largest absolute Gasteiger partial charge is 0.480 e. The molecular formula is C29H49N9O10S. The maximum Gasteiger partial charge on any atom is 0.322 e. The Hall–Kier alpha value is -4.46. The summed E-state index contributed by atoms with van der Waals surface area (Å²) in [6, 6.07) is -5.92. The Morgan fingerprint density at radius 2 is 1.37 bits per heavy atom. The fraction of sp³-hybridized carbons (Fsp3) is 0.690. The van der Waals surface area contributed by atoms with E-state index in [1.165, 1.54) is 4.90 Å². The van der Waals surface area contributed by atoms with E-state index in [4.69, 9.17) is 16.6 Å². The van der Waals surface area contributed by atoms with E-state index >= 15 is 0 Å². The maximum absolute atomic E-state index is 13.6. The SMILES string of the molecule is CC(C)[C@H](NC(=O)CNC(=O)CN)C(=O)N[C@@H](CS)C(=O)N[C@H](C(=O)N[C@@H](CCC(N)=O)C(=O)N1CCC[C@H]1C(=O)NCC(=O)O)C(C)C. The molecule has 1 aliphatic rings. The number of rotatable bonds is 20. The average molecular weight is 716 g/mol. The lowest BCUT2D eigenvalue weighted by molar-refractivity contribution is -0.143. The molecule has 0 unspecified atom stereocenters. The molecule has 1 fully saturated rings. The third kappa shape index (κ3) is 14.3. The molecule has 0 aliphatic carbocycles. The Balaban J connectivity index is 3.07. The van der Waals surface area contributed by atoms with Gasteiger partial charge in [0.1, 0.15) is 36.8 Å². The van der Waals surface area contributed by atoms with Crippen molar-refractivity contribution >= 4 is 65.9 Å². The van der Waals surface area contributed by atoms with E-state index in [2.05, 4.69) is 44.5 Å². The number of likely N-dealkylation sites (tertiary alicyclic amines) is 1. The molecule has 276 valence electrons. The molecule has 8 amide bonds. The van der Waals surface area contributed by atoms with Crippen LogP contribution >= 0.6 is 12.6 Å². The highest BCUT2D eigenvalue weighted by Crippen LogP contribution is 2.20. The first-order chi connectivity index (χ1) is 22.9. The first-order valence-electron chi connectivity index (χ1n) is 15.8. The number of nitrogens with two attached hydrogens (primary N) is 2.